The van der Waals surface area contributed by atoms with Crippen LogP contribution in [-0.2, 0) is 14.3 Å². The first-order valence-corrected chi connectivity index (χ1v) is 12.4. The predicted octanol–water partition coefficient (Wildman–Crippen LogP) is 5.20. The average Bonchev–Trinajstić information content (AvgIpc) is 2.89. The topological polar surface area (TPSA) is 131 Å². The van der Waals surface area contributed by atoms with Crippen LogP contribution in [0.3, 0.4) is 0 Å². The number of carbonyl (C=O) groups excluding carboxylic acids is 3. The molecule has 0 bridgehead atoms. The summed E-state index contributed by atoms with van der Waals surface area (Å²) in [5.74, 6) is -0.692. The summed E-state index contributed by atoms with van der Waals surface area (Å²) in [6, 6.07) is 11.7. The van der Waals surface area contributed by atoms with Gasteiger partial charge in [0.15, 0.2) is 0 Å². The molecule has 0 saturated heterocycles. The van der Waals surface area contributed by atoms with Gasteiger partial charge < -0.3 is 15.4 Å². The number of esters is 1. The van der Waals surface area contributed by atoms with E-state index in [9.17, 15) is 24.5 Å². The third kappa shape index (κ3) is 7.06. The largest absolute Gasteiger partial charge is 0.462 e. The third-order valence-electron chi connectivity index (χ3n) is 5.85. The first-order chi connectivity index (χ1) is 18.1. The van der Waals surface area contributed by atoms with Crippen molar-refractivity contribution in [2.45, 2.75) is 40.2 Å². The van der Waals surface area contributed by atoms with Gasteiger partial charge in [-0.1, -0.05) is 32.9 Å². The second-order valence-electron chi connectivity index (χ2n) is 9.32. The summed E-state index contributed by atoms with van der Waals surface area (Å²) in [5, 5.41) is 16.4. The third-order valence-corrected chi connectivity index (χ3v) is 5.85. The van der Waals surface area contributed by atoms with E-state index in [0.717, 1.165) is 6.42 Å². The quantitative estimate of drug-likeness (QED) is 0.192. The summed E-state index contributed by atoms with van der Waals surface area (Å²) in [4.78, 5) is 50.0. The van der Waals surface area contributed by atoms with E-state index in [4.69, 9.17) is 4.74 Å². The molecule has 0 fully saturated rings. The molecule has 2 aromatic carbocycles. The number of nitro groups is 1. The van der Waals surface area contributed by atoms with Crippen molar-refractivity contribution >= 4 is 35.4 Å². The van der Waals surface area contributed by atoms with Crippen molar-refractivity contribution < 1.29 is 24.0 Å². The maximum Gasteiger partial charge on any atom is 0.338 e. The van der Waals surface area contributed by atoms with Crippen LogP contribution in [0.2, 0.25) is 0 Å². The molecule has 3 rings (SSSR count). The standard InChI is InChI=1S/C28H32N4O6/c1-5-16-31-19(4)25(27(34)38-17-18(2)3)26(30-28(31)35)21-9-11-22(12-10-21)29-24(33)15-8-20-6-13-23(14-7-20)32(36)37/h6-15,18,26H,5,16-17H2,1-4H3,(H,29,33)(H,30,35)/b15-8+/t26-/m1/s1. The van der Waals surface area contributed by atoms with Gasteiger partial charge in [-0.2, -0.15) is 0 Å². The van der Waals surface area contributed by atoms with Crippen LogP contribution >= 0.6 is 0 Å². The van der Waals surface area contributed by atoms with Gasteiger partial charge in [0, 0.05) is 36.1 Å². The van der Waals surface area contributed by atoms with Gasteiger partial charge in [-0.05, 0) is 60.7 Å². The van der Waals surface area contributed by atoms with Crippen LogP contribution in [0.5, 0.6) is 0 Å². The predicted molar refractivity (Wildman–Crippen MR) is 144 cm³/mol. The van der Waals surface area contributed by atoms with E-state index in [1.54, 1.807) is 54.3 Å². The Morgan fingerprint density at radius 3 is 2.39 bits per heavy atom. The van der Waals surface area contributed by atoms with Crippen molar-refractivity contribution in [1.29, 1.82) is 0 Å². The second-order valence-corrected chi connectivity index (χ2v) is 9.32. The Hall–Kier alpha value is -4.47. The lowest BCUT2D eigenvalue weighted by atomic mass is 9.94. The van der Waals surface area contributed by atoms with Crippen LogP contribution in [0.25, 0.3) is 6.08 Å². The number of nitrogens with one attached hydrogen (secondary N) is 2. The minimum atomic E-state index is -0.693. The Morgan fingerprint density at radius 1 is 1.16 bits per heavy atom. The Morgan fingerprint density at radius 2 is 1.82 bits per heavy atom. The molecule has 2 N–H and O–H groups in total. The lowest BCUT2D eigenvalue weighted by molar-refractivity contribution is -0.384. The van der Waals surface area contributed by atoms with Gasteiger partial charge in [0.05, 0.1) is 23.1 Å². The molecule has 1 aliphatic rings. The smallest absolute Gasteiger partial charge is 0.338 e. The highest BCUT2D eigenvalue weighted by Crippen LogP contribution is 2.32. The molecule has 10 heteroatoms. The summed E-state index contributed by atoms with van der Waals surface area (Å²) in [6.07, 6.45) is 3.61. The molecule has 0 radical (unpaired) electrons. The summed E-state index contributed by atoms with van der Waals surface area (Å²) >= 11 is 0. The molecule has 0 unspecified atom stereocenters. The van der Waals surface area contributed by atoms with Gasteiger partial charge in [0.1, 0.15) is 0 Å². The normalized spacial score (nSPS) is 15.6. The van der Waals surface area contributed by atoms with Crippen LogP contribution < -0.4 is 10.6 Å². The number of nitrogens with zero attached hydrogens (tertiary/aromatic N) is 2. The van der Waals surface area contributed by atoms with Crippen molar-refractivity contribution in [1.82, 2.24) is 10.2 Å². The highest BCUT2D eigenvalue weighted by Gasteiger charge is 2.36. The van der Waals surface area contributed by atoms with Gasteiger partial charge in [-0.25, -0.2) is 9.59 Å². The minimum Gasteiger partial charge on any atom is -0.462 e. The Bertz CT molecular complexity index is 1250. The Labute approximate surface area is 221 Å². The first kappa shape index (κ1) is 28.1. The minimum absolute atomic E-state index is 0.0275. The van der Waals surface area contributed by atoms with E-state index in [1.165, 1.54) is 18.2 Å². The number of benzene rings is 2. The Kier molecular flexibility index (Phi) is 9.37. The number of amides is 3. The lowest BCUT2D eigenvalue weighted by Gasteiger charge is -2.35. The highest BCUT2D eigenvalue weighted by atomic mass is 16.6. The monoisotopic (exact) mass is 520 g/mol. The molecule has 10 nitrogen and oxygen atoms in total. The van der Waals surface area contributed by atoms with Crippen molar-refractivity contribution in [2.75, 3.05) is 18.5 Å². The lowest BCUT2D eigenvalue weighted by Crippen LogP contribution is -2.48. The Balaban J connectivity index is 1.76. The molecule has 2 aromatic rings. The number of nitro benzene ring substituents is 1. The van der Waals surface area contributed by atoms with Gasteiger partial charge >= 0.3 is 12.0 Å². The fourth-order valence-electron chi connectivity index (χ4n) is 3.93. The van der Waals surface area contributed by atoms with Crippen molar-refractivity contribution in [3.05, 3.63) is 87.1 Å². The zero-order chi connectivity index (χ0) is 27.8. The molecule has 0 saturated carbocycles. The van der Waals surface area contributed by atoms with Crippen LogP contribution in [0, 0.1) is 16.0 Å². The van der Waals surface area contributed by atoms with Gasteiger partial charge in [0.25, 0.3) is 5.69 Å². The average molecular weight is 521 g/mol. The van der Waals surface area contributed by atoms with Crippen LogP contribution in [-0.4, -0.2) is 40.9 Å². The van der Waals surface area contributed by atoms with E-state index in [2.05, 4.69) is 10.6 Å². The molecule has 1 heterocycles. The van der Waals surface area contributed by atoms with Gasteiger partial charge in [-0.15, -0.1) is 0 Å². The number of hydrogen-bond acceptors (Lipinski definition) is 6. The van der Waals surface area contributed by atoms with E-state index in [0.29, 0.717) is 34.6 Å². The highest BCUT2D eigenvalue weighted by molar-refractivity contribution is 6.02. The molecular formula is C28H32N4O6. The van der Waals surface area contributed by atoms with E-state index in [-0.39, 0.29) is 30.2 Å². The molecule has 200 valence electrons. The fourth-order valence-corrected chi connectivity index (χ4v) is 3.93. The van der Waals surface area contributed by atoms with Crippen molar-refractivity contribution in [2.24, 2.45) is 5.92 Å². The molecule has 38 heavy (non-hydrogen) atoms. The van der Waals surface area contributed by atoms with Crippen molar-refractivity contribution in [3.63, 3.8) is 0 Å². The van der Waals surface area contributed by atoms with Crippen LogP contribution in [0.15, 0.2) is 65.9 Å². The maximum absolute atomic E-state index is 13.1. The van der Waals surface area contributed by atoms with Crippen LogP contribution in [0.1, 0.15) is 51.3 Å². The molecule has 3 amide bonds. The van der Waals surface area contributed by atoms with Crippen molar-refractivity contribution in [3.8, 4) is 0 Å². The van der Waals surface area contributed by atoms with E-state index < -0.39 is 16.9 Å². The van der Waals surface area contributed by atoms with Crippen LogP contribution in [0.4, 0.5) is 16.2 Å². The number of carbonyl (C=O) groups is 3. The summed E-state index contributed by atoms with van der Waals surface area (Å²) in [6.45, 7) is 8.35. The summed E-state index contributed by atoms with van der Waals surface area (Å²) < 4.78 is 5.51. The molecule has 0 aliphatic carbocycles. The zero-order valence-electron chi connectivity index (χ0n) is 21.9. The number of urea groups is 1. The first-order valence-electron chi connectivity index (χ1n) is 12.4. The van der Waals surface area contributed by atoms with Gasteiger partial charge in [-0.3, -0.25) is 19.8 Å². The zero-order valence-corrected chi connectivity index (χ0v) is 21.9. The molecular weight excluding hydrogens is 488 g/mol. The van der Waals surface area contributed by atoms with E-state index in [1.807, 2.05) is 20.8 Å². The SMILES string of the molecule is CCCN1C(=O)N[C@H](c2ccc(NC(=O)/C=C/c3ccc([N+](=O)[O-])cc3)cc2)C(C(=O)OCC(C)C)=C1C. The number of ether oxygens (including phenoxy) is 1. The molecule has 0 aromatic heterocycles. The number of allylic oxidation sites excluding steroid dienone is 1. The fraction of sp³-hybridized carbons (Fsp3) is 0.321. The number of rotatable bonds is 10. The van der Waals surface area contributed by atoms with E-state index >= 15 is 0 Å². The molecule has 1 aliphatic heterocycles. The number of non-ortho nitro benzene ring substituents is 1. The second kappa shape index (κ2) is 12.7. The molecule has 1 atom stereocenters. The summed E-state index contributed by atoms with van der Waals surface area (Å²) in [5.41, 5.74) is 2.74. The summed E-state index contributed by atoms with van der Waals surface area (Å²) in [7, 11) is 0. The van der Waals surface area contributed by atoms with Gasteiger partial charge in [0.2, 0.25) is 5.91 Å². The molecule has 0 spiro atoms. The number of hydrogen-bond donors (Lipinski definition) is 2. The maximum atomic E-state index is 13.1. The number of anilines is 1.